The van der Waals surface area contributed by atoms with Gasteiger partial charge in [-0.05, 0) is 31.5 Å². The van der Waals surface area contributed by atoms with E-state index in [0.717, 1.165) is 17.0 Å². The van der Waals surface area contributed by atoms with Gasteiger partial charge in [-0.1, -0.05) is 0 Å². The normalized spacial score (nSPS) is 12.1. The summed E-state index contributed by atoms with van der Waals surface area (Å²) in [6.45, 7) is 4.46. The number of hydrogen-bond acceptors (Lipinski definition) is 0. The molecule has 0 atom stereocenters. The Bertz CT molecular complexity index is 558. The van der Waals surface area contributed by atoms with Crippen molar-refractivity contribution in [2.45, 2.75) is 26.6 Å². The molecule has 90 valence electrons. The molecule has 1 nitrogen and oxygen atoms in total. The fourth-order valence-corrected chi connectivity index (χ4v) is 1.93. The average Bonchev–Trinajstić information content (AvgIpc) is 2.28. The third-order valence-electron chi connectivity index (χ3n) is 2.90. The molecule has 0 aliphatic heterocycles. The molecule has 2 rings (SSSR count). The highest BCUT2D eigenvalue weighted by molar-refractivity contribution is 5.79. The minimum Gasteiger partial charge on any atom is -0.199 e. The van der Waals surface area contributed by atoms with Crippen molar-refractivity contribution < 1.29 is 17.7 Å². The molecule has 0 saturated heterocycles. The molecule has 0 spiro atoms. The van der Waals surface area contributed by atoms with E-state index < -0.39 is 11.7 Å². The maximum atomic E-state index is 12.6. The summed E-state index contributed by atoms with van der Waals surface area (Å²) >= 11 is 0. The quantitative estimate of drug-likeness (QED) is 0.672. The summed E-state index contributed by atoms with van der Waals surface area (Å²) in [5.41, 5.74) is 1.01. The fourth-order valence-electron chi connectivity index (χ4n) is 1.93. The van der Waals surface area contributed by atoms with Gasteiger partial charge >= 0.3 is 6.18 Å². The molecule has 0 amide bonds. The lowest BCUT2D eigenvalue weighted by molar-refractivity contribution is -0.667. The first kappa shape index (κ1) is 11.9. The Labute approximate surface area is 97.5 Å². The molecule has 1 aromatic carbocycles. The Balaban J connectivity index is 2.75. The fraction of sp³-hybridized carbons (Fsp3) is 0.308. The first-order valence-corrected chi connectivity index (χ1v) is 5.43. The van der Waals surface area contributed by atoms with Gasteiger partial charge in [-0.25, -0.2) is 0 Å². The average molecular weight is 240 g/mol. The second-order valence-electron chi connectivity index (χ2n) is 4.01. The molecule has 0 aliphatic carbocycles. The van der Waals surface area contributed by atoms with Crippen LogP contribution in [0.3, 0.4) is 0 Å². The Morgan fingerprint density at radius 1 is 1.18 bits per heavy atom. The van der Waals surface area contributed by atoms with E-state index in [2.05, 4.69) is 0 Å². The Hall–Kier alpha value is -1.58. The molecule has 4 heteroatoms. The van der Waals surface area contributed by atoms with Crippen LogP contribution in [0.25, 0.3) is 10.9 Å². The number of halogens is 3. The van der Waals surface area contributed by atoms with E-state index in [1.807, 2.05) is 30.7 Å². The van der Waals surface area contributed by atoms with Gasteiger partial charge in [0, 0.05) is 17.5 Å². The summed E-state index contributed by atoms with van der Waals surface area (Å²) in [5.74, 6) is 0. The minimum absolute atomic E-state index is 0.599. The van der Waals surface area contributed by atoms with Crippen LogP contribution in [-0.4, -0.2) is 0 Å². The minimum atomic E-state index is -4.29. The van der Waals surface area contributed by atoms with Gasteiger partial charge in [-0.15, -0.1) is 0 Å². The first-order valence-electron chi connectivity index (χ1n) is 5.43. The van der Waals surface area contributed by atoms with E-state index in [0.29, 0.717) is 12.1 Å². The summed E-state index contributed by atoms with van der Waals surface area (Å²) in [5, 5.41) is 0.863. The van der Waals surface area contributed by atoms with Crippen LogP contribution in [-0.2, 0) is 12.7 Å². The van der Waals surface area contributed by atoms with Crippen LogP contribution in [0.5, 0.6) is 0 Å². The molecule has 1 aromatic heterocycles. The maximum Gasteiger partial charge on any atom is 0.416 e. The topological polar surface area (TPSA) is 3.88 Å². The second-order valence-corrected chi connectivity index (χ2v) is 4.01. The van der Waals surface area contributed by atoms with Gasteiger partial charge in [0.1, 0.15) is 6.54 Å². The van der Waals surface area contributed by atoms with Gasteiger partial charge in [0.2, 0.25) is 5.52 Å². The lowest BCUT2D eigenvalue weighted by Gasteiger charge is -2.08. The molecule has 0 bridgehead atoms. The Morgan fingerprint density at radius 3 is 2.47 bits per heavy atom. The highest BCUT2D eigenvalue weighted by atomic mass is 19.4. The highest BCUT2D eigenvalue weighted by Crippen LogP contribution is 2.31. The van der Waals surface area contributed by atoms with Crippen LogP contribution >= 0.6 is 0 Å². The summed E-state index contributed by atoms with van der Waals surface area (Å²) in [6, 6.07) is 5.81. The molecular formula is C13H13F3N+. The number of aryl methyl sites for hydroxylation is 2. The lowest BCUT2D eigenvalue weighted by Crippen LogP contribution is -2.33. The number of pyridine rings is 1. The molecule has 0 fully saturated rings. The van der Waals surface area contributed by atoms with Gasteiger partial charge in [0.15, 0.2) is 6.20 Å². The van der Waals surface area contributed by atoms with Crippen LogP contribution in [0, 0.1) is 6.92 Å². The van der Waals surface area contributed by atoms with Crippen LogP contribution in [0.1, 0.15) is 18.1 Å². The molecule has 0 radical (unpaired) electrons. The van der Waals surface area contributed by atoms with Crippen LogP contribution < -0.4 is 4.57 Å². The van der Waals surface area contributed by atoms with Gasteiger partial charge in [0.25, 0.3) is 0 Å². The van der Waals surface area contributed by atoms with Crippen molar-refractivity contribution in [3.63, 3.8) is 0 Å². The first-order chi connectivity index (χ1) is 7.93. The van der Waals surface area contributed by atoms with Crippen molar-refractivity contribution in [3.05, 3.63) is 41.6 Å². The number of rotatable bonds is 1. The predicted molar refractivity (Wildman–Crippen MR) is 59.6 cm³/mol. The third kappa shape index (κ3) is 2.12. The lowest BCUT2D eigenvalue weighted by atomic mass is 10.1. The van der Waals surface area contributed by atoms with Crippen molar-refractivity contribution in [1.82, 2.24) is 0 Å². The number of hydrogen-bond donors (Lipinski definition) is 0. The largest absolute Gasteiger partial charge is 0.416 e. The zero-order valence-electron chi connectivity index (χ0n) is 9.67. The molecule has 1 heterocycles. The summed E-state index contributed by atoms with van der Waals surface area (Å²) in [4.78, 5) is 0. The van der Waals surface area contributed by atoms with Crippen LogP contribution in [0.2, 0.25) is 0 Å². The van der Waals surface area contributed by atoms with Gasteiger partial charge in [0.05, 0.1) is 5.56 Å². The number of nitrogens with zero attached hydrogens (tertiary/aromatic N) is 1. The molecular weight excluding hydrogens is 227 g/mol. The molecule has 17 heavy (non-hydrogen) atoms. The highest BCUT2D eigenvalue weighted by Gasteiger charge is 2.31. The van der Waals surface area contributed by atoms with E-state index in [1.165, 1.54) is 6.07 Å². The van der Waals surface area contributed by atoms with E-state index in [4.69, 9.17) is 0 Å². The zero-order chi connectivity index (χ0) is 12.6. The smallest absolute Gasteiger partial charge is 0.199 e. The van der Waals surface area contributed by atoms with Gasteiger partial charge < -0.3 is 0 Å². The molecule has 2 aromatic rings. The predicted octanol–water partition coefficient (Wildman–Crippen LogP) is 3.47. The summed E-state index contributed by atoms with van der Waals surface area (Å²) in [6.07, 6.45) is -2.47. The zero-order valence-corrected chi connectivity index (χ0v) is 9.67. The Morgan fingerprint density at radius 2 is 1.88 bits per heavy atom. The monoisotopic (exact) mass is 240 g/mol. The molecule has 0 saturated carbocycles. The van der Waals surface area contributed by atoms with Crippen molar-refractivity contribution in [3.8, 4) is 0 Å². The van der Waals surface area contributed by atoms with Gasteiger partial charge in [-0.3, -0.25) is 0 Å². The summed E-state index contributed by atoms with van der Waals surface area (Å²) in [7, 11) is 0. The number of aromatic nitrogens is 1. The van der Waals surface area contributed by atoms with Gasteiger partial charge in [-0.2, -0.15) is 17.7 Å². The number of fused-ring (bicyclic) bond motifs is 1. The van der Waals surface area contributed by atoms with Crippen molar-refractivity contribution in [1.29, 1.82) is 0 Å². The Kier molecular flexibility index (Phi) is 2.81. The molecule has 0 unspecified atom stereocenters. The number of benzene rings is 1. The van der Waals surface area contributed by atoms with Crippen molar-refractivity contribution >= 4 is 10.9 Å². The SMILES string of the molecule is CC[n+]1ccc(C)c2ccc(C(F)(F)F)cc21. The maximum absolute atomic E-state index is 12.6. The van der Waals surface area contributed by atoms with Crippen LogP contribution in [0.4, 0.5) is 13.2 Å². The molecule has 0 aliphatic rings. The van der Waals surface area contributed by atoms with E-state index in [-0.39, 0.29) is 0 Å². The second kappa shape index (κ2) is 4.02. The van der Waals surface area contributed by atoms with E-state index in [9.17, 15) is 13.2 Å². The van der Waals surface area contributed by atoms with Crippen molar-refractivity contribution in [2.24, 2.45) is 0 Å². The standard InChI is InChI=1S/C13H13F3N/c1-3-17-7-6-9(2)11-5-4-10(8-12(11)17)13(14,15)16/h4-8H,3H2,1-2H3/q+1. The van der Waals surface area contributed by atoms with Crippen LogP contribution in [0.15, 0.2) is 30.5 Å². The van der Waals surface area contributed by atoms with E-state index >= 15 is 0 Å². The van der Waals surface area contributed by atoms with Crippen molar-refractivity contribution in [2.75, 3.05) is 0 Å². The molecule has 0 N–H and O–H groups in total. The number of alkyl halides is 3. The third-order valence-corrected chi connectivity index (χ3v) is 2.90. The van der Waals surface area contributed by atoms with E-state index in [1.54, 1.807) is 6.07 Å². The summed E-state index contributed by atoms with van der Waals surface area (Å²) < 4.78 is 39.7.